The van der Waals surface area contributed by atoms with Crippen LogP contribution in [0.25, 0.3) is 0 Å². The van der Waals surface area contributed by atoms with Crippen LogP contribution in [0.3, 0.4) is 0 Å². The molecule has 0 aliphatic heterocycles. The van der Waals surface area contributed by atoms with Gasteiger partial charge < -0.3 is 10.3 Å². The molecule has 2 rings (SSSR count). The Morgan fingerprint density at radius 2 is 2.14 bits per heavy atom. The lowest BCUT2D eigenvalue weighted by Crippen LogP contribution is -2.18. The predicted octanol–water partition coefficient (Wildman–Crippen LogP) is 3.10. The number of benzene rings is 1. The van der Waals surface area contributed by atoms with Crippen LogP contribution in [0.1, 0.15) is 29.8 Å². The quantitative estimate of drug-likeness (QED) is 0.852. The van der Waals surface area contributed by atoms with Crippen molar-refractivity contribution >= 4 is 29.9 Å². The van der Waals surface area contributed by atoms with Gasteiger partial charge in [0.15, 0.2) is 0 Å². The maximum Gasteiger partial charge on any atom is 0.258 e. The number of imidazole rings is 1. The van der Waals surface area contributed by atoms with Gasteiger partial charge in [-0.25, -0.2) is 4.98 Å². The van der Waals surface area contributed by atoms with E-state index >= 15 is 0 Å². The monoisotopic (exact) mass is 308 g/mol. The lowest BCUT2D eigenvalue weighted by molar-refractivity contribution is 0.102. The summed E-state index contributed by atoms with van der Waals surface area (Å²) >= 11 is 0. The van der Waals surface area contributed by atoms with Crippen LogP contribution in [-0.4, -0.2) is 15.5 Å². The number of carbonyl (C=O) groups is 1. The average molecular weight is 309 g/mol. The first kappa shape index (κ1) is 17.0. The zero-order chi connectivity index (χ0) is 14.7. The van der Waals surface area contributed by atoms with E-state index in [0.717, 1.165) is 12.1 Å². The van der Waals surface area contributed by atoms with Crippen molar-refractivity contribution in [1.29, 1.82) is 0 Å². The van der Waals surface area contributed by atoms with Gasteiger partial charge in [0.2, 0.25) is 5.95 Å². The lowest BCUT2D eigenvalue weighted by Gasteiger charge is -2.12. The topological polar surface area (TPSA) is 72.9 Å². The predicted molar refractivity (Wildman–Crippen MR) is 87.9 cm³/mol. The summed E-state index contributed by atoms with van der Waals surface area (Å²) in [7, 11) is 0. The Morgan fingerprint density at radius 1 is 1.43 bits per heavy atom. The van der Waals surface area contributed by atoms with Crippen molar-refractivity contribution in [1.82, 2.24) is 9.55 Å². The lowest BCUT2D eigenvalue weighted by atomic mass is 10.1. The molecule has 1 aromatic carbocycles. The second kappa shape index (κ2) is 7.13. The summed E-state index contributed by atoms with van der Waals surface area (Å²) in [6.07, 6.45) is 3.55. The first-order chi connectivity index (χ1) is 9.47. The molecule has 0 aliphatic rings. The highest BCUT2D eigenvalue weighted by molar-refractivity contribution is 6.05. The Hall–Kier alpha value is -2.01. The number of amides is 1. The molecule has 5 nitrogen and oxygen atoms in total. The van der Waals surface area contributed by atoms with E-state index in [2.05, 4.69) is 24.1 Å². The van der Waals surface area contributed by atoms with Crippen molar-refractivity contribution < 1.29 is 4.79 Å². The third-order valence-corrected chi connectivity index (χ3v) is 3.01. The highest BCUT2D eigenvalue weighted by atomic mass is 35.5. The minimum Gasteiger partial charge on any atom is -0.399 e. The summed E-state index contributed by atoms with van der Waals surface area (Å²) < 4.78 is 1.93. The summed E-state index contributed by atoms with van der Waals surface area (Å²) in [5, 5.41) is 2.84. The van der Waals surface area contributed by atoms with Gasteiger partial charge in [0.05, 0.1) is 0 Å². The van der Waals surface area contributed by atoms with Crippen LogP contribution >= 0.6 is 12.4 Å². The summed E-state index contributed by atoms with van der Waals surface area (Å²) in [4.78, 5) is 16.5. The number of hydrogen-bond donors (Lipinski definition) is 2. The fourth-order valence-corrected chi connectivity index (χ4v) is 2.03. The number of aromatic nitrogens is 2. The van der Waals surface area contributed by atoms with E-state index in [1.54, 1.807) is 18.3 Å². The maximum absolute atomic E-state index is 12.3. The van der Waals surface area contributed by atoms with Gasteiger partial charge in [-0.3, -0.25) is 10.1 Å². The molecule has 0 atom stereocenters. The zero-order valence-electron chi connectivity index (χ0n) is 12.5. The Labute approximate surface area is 131 Å². The van der Waals surface area contributed by atoms with E-state index in [9.17, 15) is 4.79 Å². The van der Waals surface area contributed by atoms with Gasteiger partial charge in [0.1, 0.15) is 0 Å². The molecule has 0 saturated carbocycles. The van der Waals surface area contributed by atoms with Crippen LogP contribution in [0.4, 0.5) is 11.6 Å². The molecule has 114 valence electrons. The van der Waals surface area contributed by atoms with Gasteiger partial charge in [0, 0.05) is 30.2 Å². The Bertz CT molecular complexity index is 622. The third-order valence-electron chi connectivity index (χ3n) is 3.01. The highest BCUT2D eigenvalue weighted by Crippen LogP contribution is 2.15. The van der Waals surface area contributed by atoms with Gasteiger partial charge in [-0.2, -0.15) is 0 Å². The largest absolute Gasteiger partial charge is 0.399 e. The number of hydrogen-bond acceptors (Lipinski definition) is 3. The minimum absolute atomic E-state index is 0. The Balaban J connectivity index is 0.00000220. The van der Waals surface area contributed by atoms with Crippen LogP contribution in [0.2, 0.25) is 0 Å². The zero-order valence-corrected chi connectivity index (χ0v) is 13.3. The summed E-state index contributed by atoms with van der Waals surface area (Å²) in [5.74, 6) is 0.852. The molecule has 21 heavy (non-hydrogen) atoms. The van der Waals surface area contributed by atoms with Crippen LogP contribution in [-0.2, 0) is 6.54 Å². The van der Waals surface area contributed by atoms with Gasteiger partial charge in [-0.15, -0.1) is 12.4 Å². The number of carbonyl (C=O) groups excluding carboxylic acids is 1. The third kappa shape index (κ3) is 4.23. The smallest absolute Gasteiger partial charge is 0.258 e. The second-order valence-corrected chi connectivity index (χ2v) is 5.33. The first-order valence-corrected chi connectivity index (χ1v) is 6.66. The number of nitrogens with two attached hydrogens (primary N) is 1. The maximum atomic E-state index is 12.3. The van der Waals surface area contributed by atoms with E-state index in [0.29, 0.717) is 23.1 Å². The van der Waals surface area contributed by atoms with Crippen molar-refractivity contribution in [3.8, 4) is 0 Å². The molecule has 3 N–H and O–H groups in total. The number of anilines is 2. The van der Waals surface area contributed by atoms with Gasteiger partial charge >= 0.3 is 0 Å². The van der Waals surface area contributed by atoms with Gasteiger partial charge in [0.25, 0.3) is 5.91 Å². The van der Waals surface area contributed by atoms with E-state index < -0.39 is 0 Å². The molecule has 1 amide bonds. The summed E-state index contributed by atoms with van der Waals surface area (Å²) in [5.41, 5.74) is 7.77. The molecular weight excluding hydrogens is 288 g/mol. The van der Waals surface area contributed by atoms with E-state index in [4.69, 9.17) is 5.73 Å². The number of rotatable bonds is 4. The van der Waals surface area contributed by atoms with Crippen LogP contribution in [0.5, 0.6) is 0 Å². The van der Waals surface area contributed by atoms with Crippen molar-refractivity contribution in [3.05, 3.63) is 41.7 Å². The summed E-state index contributed by atoms with van der Waals surface area (Å²) in [6, 6.07) is 5.30. The number of nitrogens with zero attached hydrogens (tertiary/aromatic N) is 2. The molecule has 0 radical (unpaired) electrons. The number of aryl methyl sites for hydroxylation is 1. The number of nitrogens with one attached hydrogen (secondary N) is 1. The first-order valence-electron chi connectivity index (χ1n) is 6.66. The number of halogens is 1. The molecule has 0 aliphatic carbocycles. The van der Waals surface area contributed by atoms with Crippen molar-refractivity contribution in [3.63, 3.8) is 0 Å². The molecule has 0 bridgehead atoms. The van der Waals surface area contributed by atoms with Crippen molar-refractivity contribution in [2.75, 3.05) is 11.1 Å². The molecule has 0 unspecified atom stereocenters. The molecule has 0 saturated heterocycles. The van der Waals surface area contributed by atoms with Crippen LogP contribution in [0, 0.1) is 12.8 Å². The van der Waals surface area contributed by atoms with Crippen molar-refractivity contribution in [2.24, 2.45) is 5.92 Å². The minimum atomic E-state index is -0.189. The molecule has 0 fully saturated rings. The average Bonchev–Trinajstić information content (AvgIpc) is 2.78. The standard InChI is InChI=1S/C15H20N4O.ClH/c1-10(2)9-19-7-6-17-15(19)18-14(20)13-8-12(16)5-4-11(13)3;/h4-8,10H,9,16H2,1-3H3,(H,17,18,20);1H. The number of nitrogen functional groups attached to an aromatic ring is 1. The van der Waals surface area contributed by atoms with Crippen LogP contribution < -0.4 is 11.1 Å². The highest BCUT2D eigenvalue weighted by Gasteiger charge is 2.13. The molecule has 2 aromatic rings. The Kier molecular flexibility index (Phi) is 5.79. The van der Waals surface area contributed by atoms with Gasteiger partial charge in [-0.1, -0.05) is 19.9 Å². The fourth-order valence-electron chi connectivity index (χ4n) is 2.03. The SMILES string of the molecule is Cc1ccc(N)cc1C(=O)Nc1nccn1CC(C)C.Cl. The van der Waals surface area contributed by atoms with E-state index in [1.807, 2.05) is 23.8 Å². The molecule has 0 spiro atoms. The van der Waals surface area contributed by atoms with E-state index in [-0.39, 0.29) is 18.3 Å². The van der Waals surface area contributed by atoms with Crippen LogP contribution in [0.15, 0.2) is 30.6 Å². The van der Waals surface area contributed by atoms with Crippen molar-refractivity contribution in [2.45, 2.75) is 27.3 Å². The summed E-state index contributed by atoms with van der Waals surface area (Å²) in [6.45, 7) is 6.93. The Morgan fingerprint density at radius 3 is 2.81 bits per heavy atom. The molecule has 6 heteroatoms. The second-order valence-electron chi connectivity index (χ2n) is 5.33. The normalized spacial score (nSPS) is 10.3. The molecule has 1 aromatic heterocycles. The molecular formula is C15H21ClN4O. The van der Waals surface area contributed by atoms with Gasteiger partial charge in [-0.05, 0) is 30.5 Å². The molecule has 1 heterocycles. The van der Waals surface area contributed by atoms with E-state index in [1.165, 1.54) is 0 Å². The fraction of sp³-hybridized carbons (Fsp3) is 0.333.